The lowest BCUT2D eigenvalue weighted by molar-refractivity contribution is -0.122. The Kier molecular flexibility index (Phi) is 5.30. The Morgan fingerprint density at radius 1 is 1.48 bits per heavy atom. The minimum Gasteiger partial charge on any atom is -0.484 e. The molecule has 0 aliphatic carbocycles. The average Bonchev–Trinajstić information content (AvgIpc) is 3.06. The summed E-state index contributed by atoms with van der Waals surface area (Å²) < 4.78 is 10.7. The van der Waals surface area contributed by atoms with Crippen molar-refractivity contribution in [3.05, 3.63) is 47.4 Å². The Labute approximate surface area is 139 Å². The molecule has 0 saturated carbocycles. The van der Waals surface area contributed by atoms with E-state index in [1.165, 1.54) is 0 Å². The fourth-order valence-electron chi connectivity index (χ4n) is 1.80. The Hall–Kier alpha value is -2.45. The normalized spacial score (nSPS) is 13.0. The summed E-state index contributed by atoms with van der Waals surface area (Å²) >= 11 is 6.16. The van der Waals surface area contributed by atoms with Crippen LogP contribution in [0, 0.1) is 16.7 Å². The molecule has 1 N–H and O–H groups in total. The Bertz CT molecular complexity index is 722. The molecule has 1 atom stereocenters. The predicted molar refractivity (Wildman–Crippen MR) is 87.1 cm³/mol. The van der Waals surface area contributed by atoms with Crippen molar-refractivity contribution in [1.82, 2.24) is 0 Å². The van der Waals surface area contributed by atoms with Crippen LogP contribution in [0.15, 0.2) is 41.0 Å². The van der Waals surface area contributed by atoms with Gasteiger partial charge in [0, 0.05) is 5.69 Å². The highest BCUT2D eigenvalue weighted by Crippen LogP contribution is 2.30. The first-order chi connectivity index (χ1) is 11.0. The number of hydrogen-bond donors (Lipinski definition) is 1. The second kappa shape index (κ2) is 7.21. The summed E-state index contributed by atoms with van der Waals surface area (Å²) in [4.78, 5) is 12.2. The van der Waals surface area contributed by atoms with Crippen molar-refractivity contribution in [3.63, 3.8) is 0 Å². The second-order valence-electron chi connectivity index (χ2n) is 5.26. The summed E-state index contributed by atoms with van der Waals surface area (Å²) in [6.45, 7) is 3.66. The maximum atomic E-state index is 12.2. The number of ether oxygens (including phenoxy) is 1. The summed E-state index contributed by atoms with van der Waals surface area (Å²) in [5.41, 5.74) is -0.554. The lowest BCUT2D eigenvalue weighted by Gasteiger charge is -2.18. The first-order valence-corrected chi connectivity index (χ1v) is 7.53. The third kappa shape index (κ3) is 4.05. The third-order valence-electron chi connectivity index (χ3n) is 3.59. The van der Waals surface area contributed by atoms with E-state index in [-0.39, 0.29) is 12.5 Å². The lowest BCUT2D eigenvalue weighted by atomic mass is 9.88. The molecule has 0 aliphatic heterocycles. The van der Waals surface area contributed by atoms with Crippen LogP contribution in [0.25, 0.3) is 0 Å². The highest BCUT2D eigenvalue weighted by molar-refractivity contribution is 6.32. The van der Waals surface area contributed by atoms with Gasteiger partial charge in [0.05, 0.1) is 17.4 Å². The average molecular weight is 333 g/mol. The third-order valence-corrected chi connectivity index (χ3v) is 3.89. The molecule has 2 rings (SSSR count). The van der Waals surface area contributed by atoms with Crippen molar-refractivity contribution < 1.29 is 13.9 Å². The summed E-state index contributed by atoms with van der Waals surface area (Å²) in [6, 6.07) is 10.5. The van der Waals surface area contributed by atoms with Gasteiger partial charge in [0.15, 0.2) is 0 Å². The molecule has 23 heavy (non-hydrogen) atoms. The number of carbonyl (C=O) groups is 1. The van der Waals surface area contributed by atoms with Crippen LogP contribution >= 0.6 is 11.6 Å². The first-order valence-electron chi connectivity index (χ1n) is 7.16. The monoisotopic (exact) mass is 332 g/mol. The molecule has 0 radical (unpaired) electrons. The largest absolute Gasteiger partial charge is 0.484 e. The molecule has 1 heterocycles. The van der Waals surface area contributed by atoms with Crippen LogP contribution in [0.3, 0.4) is 0 Å². The Morgan fingerprint density at radius 3 is 2.83 bits per heavy atom. The molecule has 0 spiro atoms. The predicted octanol–water partition coefficient (Wildman–Crippen LogP) is 4.39. The van der Waals surface area contributed by atoms with Gasteiger partial charge in [-0.3, -0.25) is 4.79 Å². The maximum absolute atomic E-state index is 12.2. The Morgan fingerprint density at radius 2 is 2.26 bits per heavy atom. The van der Waals surface area contributed by atoms with E-state index >= 15 is 0 Å². The van der Waals surface area contributed by atoms with Gasteiger partial charge in [0.25, 0.3) is 0 Å². The topological polar surface area (TPSA) is 75.3 Å². The molecule has 0 saturated heterocycles. The standard InChI is InChI=1S/C17H17ClN2O3/c1-3-17(2,11-19)16(21)20-12-6-7-15(14(18)9-12)23-10-13-5-4-8-22-13/h4-9H,3,10H2,1-2H3,(H,20,21). The van der Waals surface area contributed by atoms with Crippen LogP contribution < -0.4 is 10.1 Å². The minimum atomic E-state index is -1.07. The van der Waals surface area contributed by atoms with Gasteiger partial charge in [-0.1, -0.05) is 18.5 Å². The van der Waals surface area contributed by atoms with Gasteiger partial charge in [0.2, 0.25) is 5.91 Å². The van der Waals surface area contributed by atoms with Crippen molar-refractivity contribution in [2.75, 3.05) is 5.32 Å². The molecule has 0 fully saturated rings. The molecule has 1 aromatic heterocycles. The zero-order chi connectivity index (χ0) is 16.9. The number of halogens is 1. The number of anilines is 1. The van der Waals surface area contributed by atoms with E-state index in [1.54, 1.807) is 50.4 Å². The molecule has 1 unspecified atom stereocenters. The highest BCUT2D eigenvalue weighted by Gasteiger charge is 2.31. The summed E-state index contributed by atoms with van der Waals surface area (Å²) in [5, 5.41) is 12.2. The van der Waals surface area contributed by atoms with E-state index in [2.05, 4.69) is 5.32 Å². The summed E-state index contributed by atoms with van der Waals surface area (Å²) in [5.74, 6) is 0.814. The van der Waals surface area contributed by atoms with Crippen molar-refractivity contribution in [3.8, 4) is 11.8 Å². The van der Waals surface area contributed by atoms with Gasteiger partial charge in [-0.15, -0.1) is 0 Å². The van der Waals surface area contributed by atoms with E-state index in [9.17, 15) is 4.79 Å². The van der Waals surface area contributed by atoms with E-state index in [1.807, 2.05) is 6.07 Å². The van der Waals surface area contributed by atoms with Crippen LogP contribution in [0.2, 0.25) is 5.02 Å². The van der Waals surface area contributed by atoms with Crippen LogP contribution in [0.4, 0.5) is 5.69 Å². The molecule has 6 heteroatoms. The molecule has 2 aromatic rings. The maximum Gasteiger partial charge on any atom is 0.244 e. The van der Waals surface area contributed by atoms with Crippen LogP contribution in [-0.2, 0) is 11.4 Å². The second-order valence-corrected chi connectivity index (χ2v) is 5.67. The van der Waals surface area contributed by atoms with Gasteiger partial charge < -0.3 is 14.5 Å². The lowest BCUT2D eigenvalue weighted by Crippen LogP contribution is -2.31. The van der Waals surface area contributed by atoms with Crippen molar-refractivity contribution in [2.24, 2.45) is 5.41 Å². The van der Waals surface area contributed by atoms with Crippen LogP contribution in [-0.4, -0.2) is 5.91 Å². The quantitative estimate of drug-likeness (QED) is 0.851. The molecular weight excluding hydrogens is 316 g/mol. The van der Waals surface area contributed by atoms with Gasteiger partial charge in [-0.05, 0) is 43.7 Å². The highest BCUT2D eigenvalue weighted by atomic mass is 35.5. The molecule has 0 bridgehead atoms. The number of nitrogens with zero attached hydrogens (tertiary/aromatic N) is 1. The minimum absolute atomic E-state index is 0.265. The molecule has 0 aliphatic rings. The van der Waals surface area contributed by atoms with Gasteiger partial charge in [-0.2, -0.15) is 5.26 Å². The van der Waals surface area contributed by atoms with E-state index < -0.39 is 5.41 Å². The fourth-order valence-corrected chi connectivity index (χ4v) is 2.03. The van der Waals surface area contributed by atoms with Gasteiger partial charge in [0.1, 0.15) is 23.5 Å². The SMILES string of the molecule is CCC(C)(C#N)C(=O)Nc1ccc(OCc2ccco2)c(Cl)c1. The van der Waals surface area contributed by atoms with Crippen LogP contribution in [0.5, 0.6) is 5.75 Å². The molecule has 120 valence electrons. The summed E-state index contributed by atoms with van der Waals surface area (Å²) in [7, 11) is 0. The van der Waals surface area contributed by atoms with E-state index in [4.69, 9.17) is 26.0 Å². The number of hydrogen-bond acceptors (Lipinski definition) is 4. The van der Waals surface area contributed by atoms with E-state index in [0.29, 0.717) is 28.6 Å². The number of nitrogens with one attached hydrogen (secondary N) is 1. The van der Waals surface area contributed by atoms with Crippen LogP contribution in [0.1, 0.15) is 26.0 Å². The molecule has 1 aromatic carbocycles. The molecule has 5 nitrogen and oxygen atoms in total. The van der Waals surface area contributed by atoms with Crippen molar-refractivity contribution >= 4 is 23.2 Å². The number of amides is 1. The van der Waals surface area contributed by atoms with Gasteiger partial charge in [-0.25, -0.2) is 0 Å². The number of furan rings is 1. The Balaban J connectivity index is 2.04. The zero-order valence-electron chi connectivity index (χ0n) is 12.9. The number of carbonyl (C=O) groups excluding carboxylic acids is 1. The van der Waals surface area contributed by atoms with Crippen molar-refractivity contribution in [2.45, 2.75) is 26.9 Å². The van der Waals surface area contributed by atoms with Crippen molar-refractivity contribution in [1.29, 1.82) is 5.26 Å². The van der Waals surface area contributed by atoms with E-state index in [0.717, 1.165) is 0 Å². The number of nitriles is 1. The zero-order valence-corrected chi connectivity index (χ0v) is 13.7. The number of benzene rings is 1. The van der Waals surface area contributed by atoms with Gasteiger partial charge >= 0.3 is 0 Å². The smallest absolute Gasteiger partial charge is 0.244 e. The molecular formula is C17H17ClN2O3. The first kappa shape index (κ1) is 16.9. The molecule has 1 amide bonds. The number of rotatable bonds is 6. The summed E-state index contributed by atoms with van der Waals surface area (Å²) in [6.07, 6.45) is 1.99. The fraction of sp³-hybridized carbons (Fsp3) is 0.294.